The van der Waals surface area contributed by atoms with Crippen LogP contribution in [-0.4, -0.2) is 57.9 Å². The lowest BCUT2D eigenvalue weighted by molar-refractivity contribution is -0.127. The predicted molar refractivity (Wildman–Crippen MR) is 133 cm³/mol. The van der Waals surface area contributed by atoms with E-state index in [1.807, 2.05) is 24.3 Å². The molecule has 1 aromatic heterocycles. The molecule has 1 saturated heterocycles. The highest BCUT2D eigenvalue weighted by Gasteiger charge is 2.33. The molecule has 2 fully saturated rings. The lowest BCUT2D eigenvalue weighted by Gasteiger charge is -2.32. The Bertz CT molecular complexity index is 1040. The topological polar surface area (TPSA) is 98.6 Å². The molecule has 1 aliphatic carbocycles. The van der Waals surface area contributed by atoms with Crippen LogP contribution in [-0.2, 0) is 22.7 Å². The van der Waals surface area contributed by atoms with Crippen molar-refractivity contribution in [1.29, 1.82) is 0 Å². The highest BCUT2D eigenvalue weighted by molar-refractivity contribution is 5.93. The molecule has 5 rings (SSSR count). The third-order valence-electron chi connectivity index (χ3n) is 7.89. The maximum absolute atomic E-state index is 13.3. The van der Waals surface area contributed by atoms with Crippen LogP contribution in [0.4, 0.5) is 0 Å². The molecule has 1 atom stereocenters. The maximum Gasteiger partial charge on any atom is 0.276 e. The van der Waals surface area contributed by atoms with Gasteiger partial charge in [0.25, 0.3) is 5.91 Å². The maximum atomic E-state index is 13.3. The van der Waals surface area contributed by atoms with Crippen molar-refractivity contribution in [3.05, 3.63) is 41.2 Å². The summed E-state index contributed by atoms with van der Waals surface area (Å²) in [6, 6.07) is 8.09. The highest BCUT2D eigenvalue weighted by Crippen LogP contribution is 2.29. The number of methoxy groups -OCH3 is 1. The molecule has 2 amide bonds. The average Bonchev–Trinajstić information content (AvgIpc) is 3.33. The van der Waals surface area contributed by atoms with Gasteiger partial charge in [0, 0.05) is 25.0 Å². The molecule has 1 saturated carbocycles. The molecule has 36 heavy (non-hydrogen) atoms. The van der Waals surface area contributed by atoms with Crippen molar-refractivity contribution in [3.63, 3.8) is 0 Å². The van der Waals surface area contributed by atoms with Crippen LogP contribution in [0.25, 0.3) is 0 Å². The number of amides is 2. The summed E-state index contributed by atoms with van der Waals surface area (Å²) in [6.07, 6.45) is 9.65. The van der Waals surface area contributed by atoms with Gasteiger partial charge in [-0.25, -0.2) is 4.68 Å². The summed E-state index contributed by atoms with van der Waals surface area (Å²) in [7, 11) is 1.64. The molecule has 2 aliphatic heterocycles. The number of nitrogens with one attached hydrogen (secondary N) is 1. The summed E-state index contributed by atoms with van der Waals surface area (Å²) >= 11 is 0. The summed E-state index contributed by atoms with van der Waals surface area (Å²) in [5, 5.41) is 11.8. The van der Waals surface area contributed by atoms with Gasteiger partial charge in [-0.15, -0.1) is 5.10 Å². The van der Waals surface area contributed by atoms with Crippen molar-refractivity contribution >= 4 is 11.8 Å². The molecule has 3 aliphatic rings. The quantitative estimate of drug-likeness (QED) is 0.680. The zero-order chi connectivity index (χ0) is 24.9. The predicted octanol–water partition coefficient (Wildman–Crippen LogP) is 3.64. The molecule has 1 aromatic carbocycles. The van der Waals surface area contributed by atoms with Gasteiger partial charge in [-0.2, -0.15) is 0 Å². The van der Waals surface area contributed by atoms with Gasteiger partial charge in [-0.3, -0.25) is 9.59 Å². The first-order valence-corrected chi connectivity index (χ1v) is 13.4. The van der Waals surface area contributed by atoms with E-state index in [0.717, 1.165) is 24.2 Å². The van der Waals surface area contributed by atoms with Gasteiger partial charge >= 0.3 is 0 Å². The minimum Gasteiger partial charge on any atom is -0.497 e. The number of hydrogen-bond donors (Lipinski definition) is 1. The Morgan fingerprint density at radius 1 is 1.00 bits per heavy atom. The fraction of sp³-hybridized carbons (Fsp3) is 0.630. The Kier molecular flexibility index (Phi) is 7.84. The van der Waals surface area contributed by atoms with Crippen molar-refractivity contribution < 1.29 is 19.1 Å². The number of carbonyl (C=O) groups is 2. The van der Waals surface area contributed by atoms with E-state index in [1.54, 1.807) is 16.7 Å². The van der Waals surface area contributed by atoms with Crippen LogP contribution in [0.3, 0.4) is 0 Å². The normalized spacial score (nSPS) is 21.8. The van der Waals surface area contributed by atoms with E-state index in [-0.39, 0.29) is 30.4 Å². The lowest BCUT2D eigenvalue weighted by Crippen LogP contribution is -2.45. The fourth-order valence-corrected chi connectivity index (χ4v) is 5.61. The van der Waals surface area contributed by atoms with E-state index in [1.165, 1.54) is 32.1 Å². The Balaban J connectivity index is 1.14. The standard InChI is InChI=1S/C27H37N5O4/c1-35-22-11-9-19(10-12-22)24-17-32-23(18-36-24)25(29-30-32)27(34)31-15-13-20(14-16-31)26(33)28-21-7-5-3-2-4-6-8-21/h9-12,20-21,24H,2-8,13-18H2,1H3,(H,28,33)/t24-/m1/s1. The van der Waals surface area contributed by atoms with Crippen molar-refractivity contribution in [3.8, 4) is 5.75 Å². The van der Waals surface area contributed by atoms with Crippen LogP contribution in [0.1, 0.15) is 85.6 Å². The van der Waals surface area contributed by atoms with E-state index >= 15 is 0 Å². The molecular formula is C27H37N5O4. The molecule has 0 unspecified atom stereocenters. The third kappa shape index (κ3) is 5.56. The van der Waals surface area contributed by atoms with Crippen LogP contribution >= 0.6 is 0 Å². The second-order valence-electron chi connectivity index (χ2n) is 10.3. The van der Waals surface area contributed by atoms with Gasteiger partial charge < -0.3 is 19.7 Å². The number of aromatic nitrogens is 3. The number of hydrogen-bond acceptors (Lipinski definition) is 6. The summed E-state index contributed by atoms with van der Waals surface area (Å²) in [5.41, 5.74) is 2.11. The number of carbonyl (C=O) groups excluding carboxylic acids is 2. The number of nitrogens with zero attached hydrogens (tertiary/aromatic N) is 4. The Labute approximate surface area is 212 Å². The van der Waals surface area contributed by atoms with Crippen LogP contribution in [0.5, 0.6) is 5.75 Å². The molecule has 9 nitrogen and oxygen atoms in total. The molecular weight excluding hydrogens is 458 g/mol. The smallest absolute Gasteiger partial charge is 0.276 e. The van der Waals surface area contributed by atoms with Crippen LogP contribution < -0.4 is 10.1 Å². The van der Waals surface area contributed by atoms with Crippen LogP contribution in [0.2, 0.25) is 0 Å². The molecule has 0 spiro atoms. The van der Waals surface area contributed by atoms with Gasteiger partial charge in [-0.05, 0) is 43.4 Å². The largest absolute Gasteiger partial charge is 0.497 e. The minimum absolute atomic E-state index is 0.0258. The molecule has 2 aromatic rings. The number of benzene rings is 1. The van der Waals surface area contributed by atoms with Crippen LogP contribution in [0, 0.1) is 5.92 Å². The minimum atomic E-state index is -0.153. The second-order valence-corrected chi connectivity index (χ2v) is 10.3. The number of ether oxygens (including phenoxy) is 2. The summed E-state index contributed by atoms with van der Waals surface area (Å²) < 4.78 is 13.1. The lowest BCUT2D eigenvalue weighted by atomic mass is 9.93. The van der Waals surface area contributed by atoms with Crippen molar-refractivity contribution in [2.24, 2.45) is 5.92 Å². The van der Waals surface area contributed by atoms with E-state index < -0.39 is 0 Å². The Morgan fingerprint density at radius 3 is 2.39 bits per heavy atom. The van der Waals surface area contributed by atoms with Gasteiger partial charge in [0.05, 0.1) is 26.0 Å². The van der Waals surface area contributed by atoms with E-state index in [2.05, 4.69) is 15.6 Å². The Morgan fingerprint density at radius 2 is 1.69 bits per heavy atom. The third-order valence-corrected chi connectivity index (χ3v) is 7.89. The van der Waals surface area contributed by atoms with E-state index in [4.69, 9.17) is 9.47 Å². The van der Waals surface area contributed by atoms with E-state index in [9.17, 15) is 9.59 Å². The summed E-state index contributed by atoms with van der Waals surface area (Å²) in [4.78, 5) is 27.9. The van der Waals surface area contributed by atoms with Crippen molar-refractivity contribution in [2.75, 3.05) is 20.2 Å². The number of fused-ring (bicyclic) bond motifs is 1. The number of rotatable bonds is 5. The molecule has 194 valence electrons. The van der Waals surface area contributed by atoms with E-state index in [0.29, 0.717) is 49.9 Å². The zero-order valence-electron chi connectivity index (χ0n) is 21.2. The second kappa shape index (κ2) is 11.4. The summed E-state index contributed by atoms with van der Waals surface area (Å²) in [6.45, 7) is 1.91. The number of likely N-dealkylation sites (tertiary alicyclic amines) is 1. The molecule has 1 N–H and O–H groups in total. The first-order valence-electron chi connectivity index (χ1n) is 13.4. The van der Waals surface area contributed by atoms with Gasteiger partial charge in [-0.1, -0.05) is 49.5 Å². The first kappa shape index (κ1) is 24.7. The molecule has 0 radical (unpaired) electrons. The average molecular weight is 496 g/mol. The molecule has 9 heteroatoms. The van der Waals surface area contributed by atoms with Crippen LogP contribution in [0.15, 0.2) is 24.3 Å². The molecule has 0 bridgehead atoms. The molecule has 3 heterocycles. The Hall–Kier alpha value is -2.94. The van der Waals surface area contributed by atoms with Crippen molar-refractivity contribution in [2.45, 2.75) is 83.1 Å². The van der Waals surface area contributed by atoms with Gasteiger partial charge in [0.2, 0.25) is 5.91 Å². The fourth-order valence-electron chi connectivity index (χ4n) is 5.61. The highest BCUT2D eigenvalue weighted by atomic mass is 16.5. The monoisotopic (exact) mass is 495 g/mol. The first-order chi connectivity index (χ1) is 17.6. The zero-order valence-corrected chi connectivity index (χ0v) is 21.2. The number of piperidine rings is 1. The van der Waals surface area contributed by atoms with Gasteiger partial charge in [0.15, 0.2) is 5.69 Å². The van der Waals surface area contributed by atoms with Crippen molar-refractivity contribution in [1.82, 2.24) is 25.2 Å². The summed E-state index contributed by atoms with van der Waals surface area (Å²) in [5.74, 6) is 0.806. The van der Waals surface area contributed by atoms with Gasteiger partial charge in [0.1, 0.15) is 11.9 Å². The SMILES string of the molecule is COc1ccc([C@H]2Cn3nnc(C(=O)N4CCC(C(=O)NC5CCCCCCC5)CC4)c3CO2)cc1.